The van der Waals surface area contributed by atoms with Crippen molar-refractivity contribution in [2.75, 3.05) is 0 Å². The first kappa shape index (κ1) is 18.9. The number of halogens is 5. The van der Waals surface area contributed by atoms with Gasteiger partial charge in [-0.1, -0.05) is 48.0 Å². The first-order valence-corrected chi connectivity index (χ1v) is 8.63. The van der Waals surface area contributed by atoms with Crippen LogP contribution in [0.2, 0.25) is 5.02 Å². The van der Waals surface area contributed by atoms with E-state index in [1.807, 2.05) is 12.1 Å². The smallest absolute Gasteiger partial charge is 0.324 e. The third-order valence-corrected chi connectivity index (χ3v) is 4.99. The Morgan fingerprint density at radius 1 is 1.23 bits per heavy atom. The minimum atomic E-state index is -4.51. The molecule has 0 saturated carbocycles. The molecule has 26 heavy (non-hydrogen) atoms. The van der Waals surface area contributed by atoms with Crippen LogP contribution in [0.1, 0.15) is 46.2 Å². The molecule has 2 aromatic rings. The summed E-state index contributed by atoms with van der Waals surface area (Å²) in [7, 11) is 0. The quantitative estimate of drug-likeness (QED) is 0.637. The van der Waals surface area contributed by atoms with Crippen LogP contribution in [0.3, 0.4) is 0 Å². The average molecular weight is 384 g/mol. The Kier molecular flexibility index (Phi) is 5.13. The van der Waals surface area contributed by atoms with Crippen LogP contribution < -0.4 is 5.73 Å². The summed E-state index contributed by atoms with van der Waals surface area (Å²) in [6.07, 6.45) is -0.313. The van der Waals surface area contributed by atoms with E-state index in [2.05, 4.69) is 0 Å². The normalized spacial score (nSPS) is 18.3. The van der Waals surface area contributed by atoms with Gasteiger partial charge < -0.3 is 5.73 Å². The van der Waals surface area contributed by atoms with E-state index in [1.54, 1.807) is 6.07 Å². The van der Waals surface area contributed by atoms with Crippen LogP contribution in [0.4, 0.5) is 17.6 Å². The number of benzene rings is 2. The van der Waals surface area contributed by atoms with Gasteiger partial charge in [0.25, 0.3) is 0 Å². The lowest BCUT2D eigenvalue weighted by atomic mass is 9.95. The van der Waals surface area contributed by atoms with Crippen LogP contribution >= 0.6 is 11.6 Å². The molecule has 0 aromatic heterocycles. The molecule has 0 amide bonds. The molecule has 0 aliphatic heterocycles. The van der Waals surface area contributed by atoms with Crippen LogP contribution in [-0.2, 0) is 6.42 Å². The lowest BCUT2D eigenvalue weighted by molar-refractivity contribution is -0.139. The summed E-state index contributed by atoms with van der Waals surface area (Å²) in [6.45, 7) is 1.39. The van der Waals surface area contributed by atoms with Gasteiger partial charge in [0.2, 0.25) is 0 Å². The highest BCUT2D eigenvalue weighted by Gasteiger charge is 2.39. The summed E-state index contributed by atoms with van der Waals surface area (Å²) in [5.74, 6) is -2.56. The average Bonchev–Trinajstić information content (AvgIpc) is 2.92. The Hall–Kier alpha value is -1.85. The maximum absolute atomic E-state index is 13.6. The minimum absolute atomic E-state index is 0.00437. The summed E-state index contributed by atoms with van der Waals surface area (Å²) in [6, 6.07) is 7.72. The molecule has 6 heteroatoms. The highest BCUT2D eigenvalue weighted by atomic mass is 35.5. The standard InChI is InChI=1S/C20H18ClF4N/c1-11-8-14(10-17(21)19(11)22)16(20(23,24)25)6-3-12-2-5-15-13(9-12)4-7-18(15)26/h2-3,5-6,8-10,16,18H,4,7,26H2,1H3/b6-3+. The SMILES string of the molecule is Cc1cc(C(/C=C/c2ccc3c(c2)CCC3N)C(F)(F)F)cc(Cl)c1F. The second-order valence-corrected chi connectivity index (χ2v) is 7.02. The highest BCUT2D eigenvalue weighted by Crippen LogP contribution is 2.38. The van der Waals surface area contributed by atoms with E-state index in [9.17, 15) is 17.6 Å². The van der Waals surface area contributed by atoms with Gasteiger partial charge in [-0.3, -0.25) is 0 Å². The second-order valence-electron chi connectivity index (χ2n) is 6.62. The number of rotatable bonds is 3. The molecule has 0 heterocycles. The van der Waals surface area contributed by atoms with Crippen LogP contribution in [0.15, 0.2) is 36.4 Å². The van der Waals surface area contributed by atoms with Gasteiger partial charge in [-0.2, -0.15) is 13.2 Å². The molecule has 0 saturated heterocycles. The third-order valence-electron chi connectivity index (χ3n) is 4.72. The van der Waals surface area contributed by atoms with Gasteiger partial charge in [0.15, 0.2) is 0 Å². The lowest BCUT2D eigenvalue weighted by Gasteiger charge is -2.18. The van der Waals surface area contributed by atoms with Gasteiger partial charge in [0.05, 0.1) is 10.9 Å². The van der Waals surface area contributed by atoms with Crippen LogP contribution in [0.25, 0.3) is 6.08 Å². The fourth-order valence-electron chi connectivity index (χ4n) is 3.32. The fraction of sp³-hybridized carbons (Fsp3) is 0.300. The van der Waals surface area contributed by atoms with E-state index in [0.717, 1.165) is 36.1 Å². The second kappa shape index (κ2) is 7.05. The van der Waals surface area contributed by atoms with Crippen molar-refractivity contribution in [2.45, 2.75) is 37.9 Å². The molecular weight excluding hydrogens is 366 g/mol. The molecule has 1 aliphatic rings. The maximum Gasteiger partial charge on any atom is 0.399 e. The molecule has 2 atom stereocenters. The van der Waals surface area contributed by atoms with Crippen molar-refractivity contribution < 1.29 is 17.6 Å². The van der Waals surface area contributed by atoms with E-state index >= 15 is 0 Å². The molecule has 0 fully saturated rings. The maximum atomic E-state index is 13.6. The van der Waals surface area contributed by atoms with Gasteiger partial charge in [0, 0.05) is 6.04 Å². The number of allylic oxidation sites excluding steroid dienone is 1. The van der Waals surface area contributed by atoms with Crippen molar-refractivity contribution in [3.63, 3.8) is 0 Å². The van der Waals surface area contributed by atoms with Crippen LogP contribution in [0.5, 0.6) is 0 Å². The van der Waals surface area contributed by atoms with Gasteiger partial charge in [-0.15, -0.1) is 0 Å². The molecule has 138 valence electrons. The number of fused-ring (bicyclic) bond motifs is 1. The summed E-state index contributed by atoms with van der Waals surface area (Å²) in [5.41, 5.74) is 8.79. The minimum Gasteiger partial charge on any atom is -0.324 e. The van der Waals surface area contributed by atoms with Crippen molar-refractivity contribution in [1.29, 1.82) is 0 Å². The predicted octanol–water partition coefficient (Wildman–Crippen LogP) is 6.09. The third kappa shape index (κ3) is 3.79. The Bertz CT molecular complexity index is 834. The molecule has 2 aromatic carbocycles. The summed E-state index contributed by atoms with van der Waals surface area (Å²) in [4.78, 5) is 0. The number of aryl methyl sites for hydroxylation is 2. The van der Waals surface area contributed by atoms with E-state index in [0.29, 0.717) is 5.56 Å². The van der Waals surface area contributed by atoms with E-state index in [4.69, 9.17) is 17.3 Å². The first-order chi connectivity index (χ1) is 12.2. The van der Waals surface area contributed by atoms with Crippen molar-refractivity contribution in [1.82, 2.24) is 0 Å². The Morgan fingerprint density at radius 3 is 2.62 bits per heavy atom. The molecule has 2 N–H and O–H groups in total. The van der Waals surface area contributed by atoms with E-state index in [1.165, 1.54) is 19.1 Å². The molecular formula is C20H18ClF4N. The van der Waals surface area contributed by atoms with E-state index < -0.39 is 17.9 Å². The Labute approximate surface area is 154 Å². The zero-order valence-electron chi connectivity index (χ0n) is 14.1. The topological polar surface area (TPSA) is 26.0 Å². The van der Waals surface area contributed by atoms with Crippen molar-refractivity contribution in [2.24, 2.45) is 5.73 Å². The molecule has 1 aliphatic carbocycles. The van der Waals surface area contributed by atoms with Crippen LogP contribution in [0, 0.1) is 12.7 Å². The molecule has 2 unspecified atom stereocenters. The zero-order valence-corrected chi connectivity index (χ0v) is 14.8. The summed E-state index contributed by atoms with van der Waals surface area (Å²) >= 11 is 5.73. The molecule has 1 nitrogen and oxygen atoms in total. The molecule has 0 spiro atoms. The molecule has 0 bridgehead atoms. The number of hydrogen-bond donors (Lipinski definition) is 1. The van der Waals surface area contributed by atoms with E-state index in [-0.39, 0.29) is 22.2 Å². The Morgan fingerprint density at radius 2 is 1.96 bits per heavy atom. The first-order valence-electron chi connectivity index (χ1n) is 8.25. The van der Waals surface area contributed by atoms with Crippen LogP contribution in [-0.4, -0.2) is 6.18 Å². The van der Waals surface area contributed by atoms with Crippen molar-refractivity contribution >= 4 is 17.7 Å². The number of hydrogen-bond acceptors (Lipinski definition) is 1. The van der Waals surface area contributed by atoms with Gasteiger partial charge in [0.1, 0.15) is 5.82 Å². The largest absolute Gasteiger partial charge is 0.399 e. The number of alkyl halides is 3. The monoisotopic (exact) mass is 383 g/mol. The number of nitrogens with two attached hydrogens (primary N) is 1. The fourth-order valence-corrected chi connectivity index (χ4v) is 3.60. The van der Waals surface area contributed by atoms with Gasteiger partial charge in [-0.05, 0) is 53.6 Å². The van der Waals surface area contributed by atoms with Crippen molar-refractivity contribution in [3.8, 4) is 0 Å². The molecule has 0 radical (unpaired) electrons. The van der Waals surface area contributed by atoms with Gasteiger partial charge in [-0.25, -0.2) is 4.39 Å². The molecule has 3 rings (SSSR count). The summed E-state index contributed by atoms with van der Waals surface area (Å²) < 4.78 is 54.3. The zero-order chi connectivity index (χ0) is 19.1. The summed E-state index contributed by atoms with van der Waals surface area (Å²) in [5, 5.41) is -0.311. The Balaban J connectivity index is 1.94. The highest BCUT2D eigenvalue weighted by molar-refractivity contribution is 6.30. The lowest BCUT2D eigenvalue weighted by Crippen LogP contribution is -2.19. The predicted molar refractivity (Wildman–Crippen MR) is 95.7 cm³/mol. The van der Waals surface area contributed by atoms with Crippen molar-refractivity contribution in [3.05, 3.63) is 75.1 Å². The van der Waals surface area contributed by atoms with Gasteiger partial charge >= 0.3 is 6.18 Å².